The SMILES string of the molecule is O=c1ccn([C@]2(CO)O[C@H](C(O)(F)F)[C@@H](O)[C@H]2O)c(=O)[nH]1. The van der Waals surface area contributed by atoms with E-state index in [1.54, 1.807) is 4.98 Å². The number of aliphatic hydroxyl groups excluding tert-OH is 3. The zero-order valence-electron chi connectivity index (χ0n) is 10.3. The fourth-order valence-corrected chi connectivity index (χ4v) is 2.19. The van der Waals surface area contributed by atoms with Crippen LogP contribution in [0.15, 0.2) is 21.9 Å². The van der Waals surface area contributed by atoms with Gasteiger partial charge >= 0.3 is 11.8 Å². The van der Waals surface area contributed by atoms with Crippen molar-refractivity contribution in [3.63, 3.8) is 0 Å². The van der Waals surface area contributed by atoms with Gasteiger partial charge in [0.15, 0.2) is 6.10 Å². The summed E-state index contributed by atoms with van der Waals surface area (Å²) >= 11 is 0. The van der Waals surface area contributed by atoms with Gasteiger partial charge in [0.25, 0.3) is 5.56 Å². The molecular formula is C10H12F2N2O7. The number of nitrogens with zero attached hydrogens (tertiary/aromatic N) is 1. The molecule has 2 rings (SSSR count). The first-order chi connectivity index (χ1) is 9.63. The van der Waals surface area contributed by atoms with Crippen LogP contribution in [-0.2, 0) is 10.5 Å². The van der Waals surface area contributed by atoms with Gasteiger partial charge in [-0.2, -0.15) is 8.78 Å². The molecular weight excluding hydrogens is 298 g/mol. The van der Waals surface area contributed by atoms with Crippen LogP contribution < -0.4 is 11.2 Å². The molecule has 0 radical (unpaired) electrons. The summed E-state index contributed by atoms with van der Waals surface area (Å²) in [6.45, 7) is -1.18. The van der Waals surface area contributed by atoms with Crippen molar-refractivity contribution in [1.29, 1.82) is 0 Å². The maximum atomic E-state index is 12.9. The van der Waals surface area contributed by atoms with Gasteiger partial charge in [0.05, 0.1) is 6.61 Å². The molecule has 1 aliphatic rings. The molecule has 0 bridgehead atoms. The molecule has 0 saturated carbocycles. The van der Waals surface area contributed by atoms with Gasteiger partial charge in [0.1, 0.15) is 12.2 Å². The zero-order chi connectivity index (χ0) is 16.0. The Morgan fingerprint density at radius 3 is 2.48 bits per heavy atom. The molecule has 0 aromatic carbocycles. The van der Waals surface area contributed by atoms with Gasteiger partial charge in [-0.05, 0) is 0 Å². The molecule has 4 atom stereocenters. The lowest BCUT2D eigenvalue weighted by Crippen LogP contribution is -2.53. The molecule has 5 N–H and O–H groups in total. The van der Waals surface area contributed by atoms with Crippen molar-refractivity contribution in [1.82, 2.24) is 9.55 Å². The van der Waals surface area contributed by atoms with Gasteiger partial charge in [-0.3, -0.25) is 14.3 Å². The number of aliphatic hydroxyl groups is 4. The summed E-state index contributed by atoms with van der Waals surface area (Å²) < 4.78 is 31.0. The summed E-state index contributed by atoms with van der Waals surface area (Å²) in [5, 5.41) is 37.4. The number of rotatable bonds is 3. The number of halogens is 2. The quantitative estimate of drug-likeness (QED) is 0.397. The second-order valence-electron chi connectivity index (χ2n) is 4.54. The van der Waals surface area contributed by atoms with E-state index in [-0.39, 0.29) is 0 Å². The van der Waals surface area contributed by atoms with Gasteiger partial charge in [-0.15, -0.1) is 0 Å². The number of aromatic amines is 1. The van der Waals surface area contributed by atoms with E-state index in [4.69, 9.17) is 5.11 Å². The molecule has 0 aliphatic carbocycles. The van der Waals surface area contributed by atoms with Crippen LogP contribution in [0.3, 0.4) is 0 Å². The second-order valence-corrected chi connectivity index (χ2v) is 4.54. The minimum absolute atomic E-state index is 0.452. The first-order valence-corrected chi connectivity index (χ1v) is 5.71. The van der Waals surface area contributed by atoms with Gasteiger partial charge in [-0.1, -0.05) is 0 Å². The predicted octanol–water partition coefficient (Wildman–Crippen LogP) is -3.11. The number of H-pyrrole nitrogens is 1. The summed E-state index contributed by atoms with van der Waals surface area (Å²) in [6.07, 6.45) is -10.7. The Morgan fingerprint density at radius 2 is 2.05 bits per heavy atom. The van der Waals surface area contributed by atoms with Crippen molar-refractivity contribution in [2.24, 2.45) is 0 Å². The van der Waals surface area contributed by atoms with Crippen molar-refractivity contribution >= 4 is 0 Å². The van der Waals surface area contributed by atoms with E-state index in [0.29, 0.717) is 4.57 Å². The summed E-state index contributed by atoms with van der Waals surface area (Å²) in [6, 6.07) is 0.825. The zero-order valence-corrected chi connectivity index (χ0v) is 10.3. The molecule has 21 heavy (non-hydrogen) atoms. The minimum Gasteiger partial charge on any atom is -0.391 e. The van der Waals surface area contributed by atoms with Crippen molar-refractivity contribution in [2.45, 2.75) is 30.1 Å². The lowest BCUT2D eigenvalue weighted by atomic mass is 10.0. The van der Waals surface area contributed by atoms with E-state index in [2.05, 4.69) is 4.74 Å². The highest BCUT2D eigenvalue weighted by molar-refractivity contribution is 5.03. The monoisotopic (exact) mass is 310 g/mol. The maximum absolute atomic E-state index is 12.9. The van der Waals surface area contributed by atoms with E-state index in [9.17, 15) is 33.7 Å². The van der Waals surface area contributed by atoms with Crippen LogP contribution in [0.1, 0.15) is 0 Å². The van der Waals surface area contributed by atoms with E-state index in [1.807, 2.05) is 0 Å². The summed E-state index contributed by atoms with van der Waals surface area (Å²) in [5.74, 6) is 0. The molecule has 1 fully saturated rings. The molecule has 1 aromatic heterocycles. The Balaban J connectivity index is 2.57. The number of alkyl halides is 2. The molecule has 1 saturated heterocycles. The standard InChI is InChI=1S/C10H12F2N2O7/c11-10(12,20)7-5(17)6(18)9(3-15,21-7)14-2-1-4(16)13-8(14)19/h1-2,5-7,15,17-18,20H,3H2,(H,13,16,19)/t5-,6+,7-,9+/m0/s1. The van der Waals surface area contributed by atoms with E-state index in [0.717, 1.165) is 12.3 Å². The average Bonchev–Trinajstić information content (AvgIpc) is 2.64. The molecule has 1 aliphatic heterocycles. The molecule has 118 valence electrons. The van der Waals surface area contributed by atoms with Gasteiger partial charge in [0.2, 0.25) is 5.72 Å². The largest absolute Gasteiger partial charge is 0.391 e. The number of ether oxygens (including phenoxy) is 1. The third-order valence-electron chi connectivity index (χ3n) is 3.23. The molecule has 11 heteroatoms. The Bertz CT molecular complexity index is 639. The second kappa shape index (κ2) is 4.96. The van der Waals surface area contributed by atoms with E-state index < -0.39 is 48.0 Å². The normalized spacial score (nSPS) is 33.3. The Kier molecular flexibility index (Phi) is 3.71. The number of nitrogens with one attached hydrogen (secondary N) is 1. The Morgan fingerprint density at radius 1 is 1.43 bits per heavy atom. The lowest BCUT2D eigenvalue weighted by Gasteiger charge is -2.31. The van der Waals surface area contributed by atoms with Gasteiger partial charge in [-0.25, -0.2) is 4.79 Å². The van der Waals surface area contributed by atoms with Crippen molar-refractivity contribution < 1.29 is 33.9 Å². The Hall–Kier alpha value is -1.66. The minimum atomic E-state index is -4.52. The molecule has 1 aromatic rings. The van der Waals surface area contributed by atoms with Crippen molar-refractivity contribution in [3.8, 4) is 0 Å². The summed E-state index contributed by atoms with van der Waals surface area (Å²) in [5.41, 5.74) is -4.44. The topological polar surface area (TPSA) is 145 Å². The fourth-order valence-electron chi connectivity index (χ4n) is 2.19. The van der Waals surface area contributed by atoms with Crippen LogP contribution in [0.25, 0.3) is 0 Å². The van der Waals surface area contributed by atoms with Crippen LogP contribution >= 0.6 is 0 Å². The highest BCUT2D eigenvalue weighted by Gasteiger charge is 2.62. The molecule has 9 nitrogen and oxygen atoms in total. The molecule has 0 spiro atoms. The maximum Gasteiger partial charge on any atom is 0.382 e. The van der Waals surface area contributed by atoms with Gasteiger partial charge < -0.3 is 25.2 Å². The first-order valence-electron chi connectivity index (χ1n) is 5.71. The number of aromatic nitrogens is 2. The summed E-state index contributed by atoms with van der Waals surface area (Å²) in [7, 11) is 0. The van der Waals surface area contributed by atoms with Crippen molar-refractivity contribution in [3.05, 3.63) is 33.1 Å². The molecule has 0 unspecified atom stereocenters. The van der Waals surface area contributed by atoms with Crippen LogP contribution in [0, 0.1) is 0 Å². The molecule has 0 amide bonds. The lowest BCUT2D eigenvalue weighted by molar-refractivity contribution is -0.298. The van der Waals surface area contributed by atoms with Crippen LogP contribution in [0.4, 0.5) is 8.78 Å². The predicted molar refractivity (Wildman–Crippen MR) is 60.4 cm³/mol. The average molecular weight is 310 g/mol. The number of hydrogen-bond acceptors (Lipinski definition) is 7. The van der Waals surface area contributed by atoms with Crippen LogP contribution in [0.5, 0.6) is 0 Å². The highest BCUT2D eigenvalue weighted by atomic mass is 19.3. The third-order valence-corrected chi connectivity index (χ3v) is 3.23. The van der Waals surface area contributed by atoms with E-state index in [1.165, 1.54) is 0 Å². The number of hydrogen-bond donors (Lipinski definition) is 5. The van der Waals surface area contributed by atoms with Crippen LogP contribution in [-0.4, -0.2) is 61.0 Å². The van der Waals surface area contributed by atoms with Crippen molar-refractivity contribution in [2.75, 3.05) is 6.61 Å². The van der Waals surface area contributed by atoms with E-state index >= 15 is 0 Å². The summed E-state index contributed by atoms with van der Waals surface area (Å²) in [4.78, 5) is 24.4. The Labute approximate surface area is 114 Å². The third kappa shape index (κ3) is 2.38. The van der Waals surface area contributed by atoms with Gasteiger partial charge in [0, 0.05) is 12.3 Å². The molecule has 2 heterocycles. The van der Waals surface area contributed by atoms with Crippen LogP contribution in [0.2, 0.25) is 0 Å². The highest BCUT2D eigenvalue weighted by Crippen LogP contribution is 2.39. The fraction of sp³-hybridized carbons (Fsp3) is 0.600. The smallest absolute Gasteiger partial charge is 0.382 e. The first kappa shape index (κ1) is 15.7.